The van der Waals surface area contributed by atoms with Gasteiger partial charge in [0.25, 0.3) is 0 Å². The summed E-state index contributed by atoms with van der Waals surface area (Å²) in [7, 11) is 14.9. The summed E-state index contributed by atoms with van der Waals surface area (Å²) < 4.78 is 1.43. The van der Waals surface area contributed by atoms with Crippen LogP contribution in [0.1, 0.15) is 53.1 Å². The topological polar surface area (TPSA) is 0 Å². The summed E-state index contributed by atoms with van der Waals surface area (Å²) >= 11 is -3.89. The monoisotopic (exact) mass is 616 g/mol. The van der Waals surface area contributed by atoms with E-state index in [2.05, 4.69) is 106 Å². The third kappa shape index (κ3) is 4.20. The molecule has 4 aromatic carbocycles. The number of hydrogen-bond acceptors (Lipinski definition) is 0. The molecule has 2 aliphatic rings. The number of allylic oxidation sites excluding steroid dienone is 1. The van der Waals surface area contributed by atoms with Crippen molar-refractivity contribution in [3.8, 4) is 22.3 Å². The number of rotatable bonds is 6. The summed E-state index contributed by atoms with van der Waals surface area (Å²) in [6.45, 7) is 6.78. The molecule has 1 atom stereocenters. The van der Waals surface area contributed by atoms with Gasteiger partial charge in [-0.15, -0.1) is 0 Å². The zero-order valence-electron chi connectivity index (χ0n) is 21.7. The van der Waals surface area contributed by atoms with E-state index in [1.807, 2.05) is 0 Å². The van der Waals surface area contributed by atoms with E-state index in [1.165, 1.54) is 63.7 Å². The molecule has 0 saturated carbocycles. The van der Waals surface area contributed by atoms with E-state index < -0.39 is 27.4 Å². The standard InChI is InChI=1S/C21H23.C12H9Si.2ClH.Zr/c1-4-8-17-11-12-18-13-15(3)14-20(18)21(17)19-10-7-6-9-16(19)5-2;1-3-7-11-9(5-1)10-6-2-4-8-12(10)13-11;;;/h6-7,9-14H,4-5,8H2,1-3H3;1-7H,13H2;2*1H;/q;;;;+2/p-2. The van der Waals surface area contributed by atoms with Crippen LogP contribution in [0.25, 0.3) is 28.3 Å². The fourth-order valence-corrected chi connectivity index (χ4v) is 23.8. The van der Waals surface area contributed by atoms with Gasteiger partial charge in [0, 0.05) is 0 Å². The molecule has 1 aliphatic heterocycles. The van der Waals surface area contributed by atoms with Gasteiger partial charge in [-0.25, -0.2) is 0 Å². The van der Waals surface area contributed by atoms with Gasteiger partial charge < -0.3 is 0 Å². The van der Waals surface area contributed by atoms with Crippen LogP contribution >= 0.6 is 17.0 Å². The van der Waals surface area contributed by atoms with Crippen LogP contribution in [-0.4, -0.2) is 9.52 Å². The van der Waals surface area contributed by atoms with Crippen LogP contribution in [0.2, 0.25) is 0 Å². The minimum atomic E-state index is -3.89. The Morgan fingerprint density at radius 3 is 2.30 bits per heavy atom. The fourth-order valence-electron chi connectivity index (χ4n) is 6.62. The Kier molecular flexibility index (Phi) is 7.00. The Balaban J connectivity index is 1.52. The Labute approximate surface area is 235 Å². The van der Waals surface area contributed by atoms with Crippen molar-refractivity contribution < 1.29 is 17.9 Å². The molecule has 0 bridgehead atoms. The molecule has 1 heterocycles. The number of fused-ring (bicyclic) bond motifs is 4. The first kappa shape index (κ1) is 25.6. The Morgan fingerprint density at radius 2 is 1.51 bits per heavy atom. The van der Waals surface area contributed by atoms with Crippen molar-refractivity contribution in [2.45, 2.75) is 43.7 Å². The van der Waals surface area contributed by atoms with E-state index >= 15 is 0 Å². The molecular formula is C33H32Cl2SiZr. The second-order valence-electron chi connectivity index (χ2n) is 10.5. The predicted octanol–water partition coefficient (Wildman–Crippen LogP) is 7.21. The van der Waals surface area contributed by atoms with Crippen molar-refractivity contribution >= 4 is 46.3 Å². The van der Waals surface area contributed by atoms with Crippen LogP contribution in [0.15, 0.2) is 84.4 Å². The average Bonchev–Trinajstić information content (AvgIpc) is 3.46. The van der Waals surface area contributed by atoms with E-state index in [0.29, 0.717) is 0 Å². The van der Waals surface area contributed by atoms with Gasteiger partial charge in [-0.2, -0.15) is 0 Å². The summed E-state index contributed by atoms with van der Waals surface area (Å²) in [6.07, 6.45) is 5.63. The molecule has 37 heavy (non-hydrogen) atoms. The van der Waals surface area contributed by atoms with E-state index in [9.17, 15) is 0 Å². The Bertz CT molecular complexity index is 1550. The van der Waals surface area contributed by atoms with Gasteiger partial charge >= 0.3 is 237 Å². The Morgan fingerprint density at radius 1 is 0.784 bits per heavy atom. The van der Waals surface area contributed by atoms with E-state index in [-0.39, 0.29) is 3.63 Å². The molecule has 0 radical (unpaired) electrons. The summed E-state index contributed by atoms with van der Waals surface area (Å²) in [5, 5.41) is 3.01. The van der Waals surface area contributed by atoms with Crippen molar-refractivity contribution in [3.05, 3.63) is 107 Å². The summed E-state index contributed by atoms with van der Waals surface area (Å²) in [5.74, 6) is 0. The van der Waals surface area contributed by atoms with Crippen LogP contribution < -0.4 is 13.6 Å². The fraction of sp³-hybridized carbons (Fsp3) is 0.212. The molecule has 0 amide bonds. The summed E-state index contributed by atoms with van der Waals surface area (Å²) in [5.41, 5.74) is 12.4. The molecule has 0 nitrogen and oxygen atoms in total. The summed E-state index contributed by atoms with van der Waals surface area (Å²) in [4.78, 5) is 0. The Hall–Kier alpha value is -1.70. The van der Waals surface area contributed by atoms with Crippen molar-refractivity contribution in [1.29, 1.82) is 0 Å². The first-order valence-electron chi connectivity index (χ1n) is 13.5. The maximum atomic E-state index is 7.73. The molecule has 4 aromatic rings. The molecular weight excluding hydrogens is 587 g/mol. The zero-order valence-corrected chi connectivity index (χ0v) is 27.1. The van der Waals surface area contributed by atoms with Gasteiger partial charge in [-0.05, 0) is 0 Å². The SMILES string of the molecule is CCCc1ccc2c(c1-c1ccccc1CC)C=C(C)[CH]2[Zr]([Cl])([Cl])[c]1cccc2c1[SiH2]c1ccccc1-2. The first-order valence-corrected chi connectivity index (χ1v) is 23.9. The second-order valence-corrected chi connectivity index (χ2v) is 26.3. The van der Waals surface area contributed by atoms with Crippen LogP contribution in [0.3, 0.4) is 0 Å². The van der Waals surface area contributed by atoms with Crippen molar-refractivity contribution in [2.24, 2.45) is 0 Å². The first-order chi connectivity index (χ1) is 18.0. The normalized spacial score (nSPS) is 16.5. The second kappa shape index (κ2) is 10.1. The third-order valence-corrected chi connectivity index (χ3v) is 22.8. The molecule has 0 N–H and O–H groups in total. The van der Waals surface area contributed by atoms with Crippen LogP contribution in [0.5, 0.6) is 0 Å². The number of aryl methyl sites for hydroxylation is 2. The molecule has 6 rings (SSSR count). The van der Waals surface area contributed by atoms with Crippen LogP contribution in [0.4, 0.5) is 0 Å². The zero-order chi connectivity index (χ0) is 25.7. The average molecular weight is 619 g/mol. The molecule has 4 heteroatoms. The van der Waals surface area contributed by atoms with Gasteiger partial charge in [-0.1, -0.05) is 0 Å². The van der Waals surface area contributed by atoms with Crippen molar-refractivity contribution in [2.75, 3.05) is 0 Å². The van der Waals surface area contributed by atoms with Gasteiger partial charge in [0.2, 0.25) is 0 Å². The number of hydrogen-bond donors (Lipinski definition) is 0. The van der Waals surface area contributed by atoms with E-state index in [0.717, 1.165) is 19.3 Å². The quantitative estimate of drug-likeness (QED) is 0.177. The van der Waals surface area contributed by atoms with E-state index in [4.69, 9.17) is 17.0 Å². The molecule has 0 spiro atoms. The maximum absolute atomic E-state index is 7.73. The van der Waals surface area contributed by atoms with E-state index in [1.54, 1.807) is 0 Å². The molecule has 186 valence electrons. The van der Waals surface area contributed by atoms with Gasteiger partial charge in [-0.3, -0.25) is 0 Å². The molecule has 0 fully saturated rings. The predicted molar refractivity (Wildman–Crippen MR) is 163 cm³/mol. The molecule has 1 aliphatic carbocycles. The number of benzene rings is 4. The van der Waals surface area contributed by atoms with Crippen LogP contribution in [-0.2, 0) is 30.7 Å². The van der Waals surface area contributed by atoms with Gasteiger partial charge in [0.15, 0.2) is 0 Å². The van der Waals surface area contributed by atoms with Crippen molar-refractivity contribution in [3.63, 3.8) is 0 Å². The van der Waals surface area contributed by atoms with Gasteiger partial charge in [0.05, 0.1) is 0 Å². The third-order valence-electron chi connectivity index (χ3n) is 8.26. The van der Waals surface area contributed by atoms with Gasteiger partial charge in [0.1, 0.15) is 0 Å². The van der Waals surface area contributed by atoms with Crippen molar-refractivity contribution in [1.82, 2.24) is 0 Å². The molecule has 1 unspecified atom stereocenters. The molecule has 0 aromatic heterocycles. The number of halogens is 2. The minimum absolute atomic E-state index is 0.125. The molecule has 0 saturated heterocycles. The van der Waals surface area contributed by atoms with Crippen LogP contribution in [0, 0.1) is 0 Å². The summed E-state index contributed by atoms with van der Waals surface area (Å²) in [6, 6.07) is 29.2.